The van der Waals surface area contributed by atoms with Crippen LogP contribution in [0.1, 0.15) is 16.2 Å². The van der Waals surface area contributed by atoms with E-state index in [-0.39, 0.29) is 5.56 Å². The van der Waals surface area contributed by atoms with Gasteiger partial charge in [0.2, 0.25) is 0 Å². The Bertz CT molecular complexity index is 682. The molecule has 1 fully saturated rings. The first-order chi connectivity index (χ1) is 11.1. The molecule has 3 rings (SSSR count). The van der Waals surface area contributed by atoms with Gasteiger partial charge in [-0.15, -0.1) is 0 Å². The number of aromatic carboxylic acids is 1. The number of carboxylic acids is 1. The number of benzene rings is 1. The van der Waals surface area contributed by atoms with Gasteiger partial charge in [0.25, 0.3) is 0 Å². The first-order valence-electron chi connectivity index (χ1n) is 7.69. The summed E-state index contributed by atoms with van der Waals surface area (Å²) in [6, 6.07) is 9.39. The van der Waals surface area contributed by atoms with Crippen LogP contribution in [0.25, 0.3) is 11.3 Å². The van der Waals surface area contributed by atoms with Crippen molar-refractivity contribution in [1.29, 1.82) is 0 Å². The summed E-state index contributed by atoms with van der Waals surface area (Å²) >= 11 is 0. The van der Waals surface area contributed by atoms with Crippen LogP contribution in [0.3, 0.4) is 0 Å². The number of likely N-dealkylation sites (N-methyl/N-ethyl adjacent to an activating group) is 1. The largest absolute Gasteiger partial charge is 0.478 e. The van der Waals surface area contributed by atoms with Gasteiger partial charge < -0.3 is 10.0 Å². The monoisotopic (exact) mass is 312 g/mol. The standard InChI is InChI=1S/C17H20N4O2/c1-20-7-9-21(10-8-20)12-15-18-11-14(17(22)23)16(19-15)13-5-3-2-4-6-13/h2-6,11H,7-10,12H2,1H3,(H,22,23). The van der Waals surface area contributed by atoms with Gasteiger partial charge in [-0.2, -0.15) is 0 Å². The van der Waals surface area contributed by atoms with Crippen LogP contribution in [0.5, 0.6) is 0 Å². The molecular formula is C17H20N4O2. The second-order valence-electron chi connectivity index (χ2n) is 5.80. The van der Waals surface area contributed by atoms with Gasteiger partial charge in [0, 0.05) is 37.9 Å². The molecule has 0 amide bonds. The minimum Gasteiger partial charge on any atom is -0.478 e. The van der Waals surface area contributed by atoms with E-state index in [2.05, 4.69) is 26.8 Å². The van der Waals surface area contributed by atoms with Crippen molar-refractivity contribution in [2.75, 3.05) is 33.2 Å². The van der Waals surface area contributed by atoms with Crippen molar-refractivity contribution in [3.05, 3.63) is 47.9 Å². The summed E-state index contributed by atoms with van der Waals surface area (Å²) in [5, 5.41) is 9.37. The highest BCUT2D eigenvalue weighted by Gasteiger charge is 2.18. The Kier molecular flexibility index (Phi) is 4.64. The molecule has 2 heterocycles. The molecule has 1 aliphatic heterocycles. The van der Waals surface area contributed by atoms with Crippen LogP contribution >= 0.6 is 0 Å². The summed E-state index contributed by atoms with van der Waals surface area (Å²) in [7, 11) is 2.11. The predicted molar refractivity (Wildman–Crippen MR) is 87.2 cm³/mol. The second kappa shape index (κ2) is 6.85. The van der Waals surface area contributed by atoms with Crippen molar-refractivity contribution in [3.63, 3.8) is 0 Å². The maximum absolute atomic E-state index is 11.4. The van der Waals surface area contributed by atoms with E-state index in [1.54, 1.807) is 0 Å². The molecule has 0 radical (unpaired) electrons. The van der Waals surface area contributed by atoms with E-state index in [1.165, 1.54) is 6.20 Å². The quantitative estimate of drug-likeness (QED) is 0.924. The van der Waals surface area contributed by atoms with Gasteiger partial charge in [-0.25, -0.2) is 14.8 Å². The molecule has 6 nitrogen and oxygen atoms in total. The number of aromatic nitrogens is 2. The number of hydrogen-bond donors (Lipinski definition) is 1. The number of carboxylic acid groups (broad SMARTS) is 1. The molecule has 0 aliphatic carbocycles. The highest BCUT2D eigenvalue weighted by atomic mass is 16.4. The number of carbonyl (C=O) groups is 1. The molecule has 1 N–H and O–H groups in total. The molecule has 6 heteroatoms. The maximum atomic E-state index is 11.4. The predicted octanol–water partition coefficient (Wildman–Crippen LogP) is 1.59. The summed E-state index contributed by atoms with van der Waals surface area (Å²) in [5.41, 5.74) is 1.42. The zero-order valence-corrected chi connectivity index (χ0v) is 13.1. The highest BCUT2D eigenvalue weighted by molar-refractivity contribution is 5.94. The zero-order valence-electron chi connectivity index (χ0n) is 13.1. The summed E-state index contributed by atoms with van der Waals surface area (Å²) in [6.45, 7) is 4.65. The molecular weight excluding hydrogens is 292 g/mol. The van der Waals surface area contributed by atoms with E-state index in [9.17, 15) is 9.90 Å². The summed E-state index contributed by atoms with van der Waals surface area (Å²) in [5.74, 6) is -0.339. The molecule has 23 heavy (non-hydrogen) atoms. The lowest BCUT2D eigenvalue weighted by molar-refractivity contribution is 0.0696. The highest BCUT2D eigenvalue weighted by Crippen LogP contribution is 2.21. The van der Waals surface area contributed by atoms with E-state index < -0.39 is 5.97 Å². The van der Waals surface area contributed by atoms with Crippen LogP contribution in [0.4, 0.5) is 0 Å². The van der Waals surface area contributed by atoms with Gasteiger partial charge in [0.15, 0.2) is 0 Å². The molecule has 0 unspecified atom stereocenters. The Labute approximate surface area is 135 Å². The molecule has 0 atom stereocenters. The Hall–Kier alpha value is -2.31. The Balaban J connectivity index is 1.87. The molecule has 0 spiro atoms. The van der Waals surface area contributed by atoms with E-state index in [0.717, 1.165) is 31.7 Å². The Morgan fingerprint density at radius 3 is 2.52 bits per heavy atom. The molecule has 1 saturated heterocycles. The molecule has 1 aromatic carbocycles. The van der Waals surface area contributed by atoms with Crippen molar-refractivity contribution in [2.24, 2.45) is 0 Å². The molecule has 0 saturated carbocycles. The van der Waals surface area contributed by atoms with Gasteiger partial charge in [0.1, 0.15) is 11.4 Å². The third-order valence-electron chi connectivity index (χ3n) is 4.08. The Morgan fingerprint density at radius 1 is 1.17 bits per heavy atom. The lowest BCUT2D eigenvalue weighted by Crippen LogP contribution is -2.44. The number of rotatable bonds is 4. The normalized spacial score (nSPS) is 16.4. The van der Waals surface area contributed by atoms with Crippen LogP contribution in [-0.2, 0) is 6.54 Å². The van der Waals surface area contributed by atoms with Crippen LogP contribution in [0, 0.1) is 0 Å². The van der Waals surface area contributed by atoms with Crippen LogP contribution < -0.4 is 0 Å². The molecule has 0 bridgehead atoms. The van der Waals surface area contributed by atoms with Crippen molar-refractivity contribution in [3.8, 4) is 11.3 Å². The smallest absolute Gasteiger partial charge is 0.339 e. The average Bonchev–Trinajstić information content (AvgIpc) is 2.57. The van der Waals surface area contributed by atoms with E-state index in [1.807, 2.05) is 30.3 Å². The fourth-order valence-electron chi connectivity index (χ4n) is 2.67. The first kappa shape index (κ1) is 15.6. The topological polar surface area (TPSA) is 69.6 Å². The second-order valence-corrected chi connectivity index (χ2v) is 5.80. The van der Waals surface area contributed by atoms with Gasteiger partial charge in [-0.1, -0.05) is 30.3 Å². The summed E-state index contributed by atoms with van der Waals surface area (Å²) in [4.78, 5) is 24.8. The molecule has 120 valence electrons. The van der Waals surface area contributed by atoms with Gasteiger partial charge in [0.05, 0.1) is 12.2 Å². The maximum Gasteiger partial charge on any atom is 0.339 e. The third-order valence-corrected chi connectivity index (χ3v) is 4.08. The minimum atomic E-state index is -1.00. The van der Waals surface area contributed by atoms with E-state index in [4.69, 9.17) is 0 Å². The number of hydrogen-bond acceptors (Lipinski definition) is 5. The van der Waals surface area contributed by atoms with Crippen LogP contribution in [0.15, 0.2) is 36.5 Å². The summed E-state index contributed by atoms with van der Waals surface area (Å²) < 4.78 is 0. The first-order valence-corrected chi connectivity index (χ1v) is 7.69. The van der Waals surface area contributed by atoms with Crippen LogP contribution in [-0.4, -0.2) is 64.1 Å². The number of piperazine rings is 1. The van der Waals surface area contributed by atoms with Gasteiger partial charge >= 0.3 is 5.97 Å². The average molecular weight is 312 g/mol. The summed E-state index contributed by atoms with van der Waals surface area (Å²) in [6.07, 6.45) is 1.42. The molecule has 1 aliphatic rings. The van der Waals surface area contributed by atoms with E-state index >= 15 is 0 Å². The Morgan fingerprint density at radius 2 is 1.87 bits per heavy atom. The lowest BCUT2D eigenvalue weighted by Gasteiger charge is -2.31. The minimum absolute atomic E-state index is 0.137. The zero-order chi connectivity index (χ0) is 16.2. The third kappa shape index (κ3) is 3.72. The van der Waals surface area contributed by atoms with Crippen molar-refractivity contribution in [2.45, 2.75) is 6.54 Å². The number of nitrogens with zero attached hydrogens (tertiary/aromatic N) is 4. The van der Waals surface area contributed by atoms with Crippen molar-refractivity contribution < 1.29 is 9.90 Å². The fourth-order valence-corrected chi connectivity index (χ4v) is 2.67. The van der Waals surface area contributed by atoms with Crippen molar-refractivity contribution >= 4 is 5.97 Å². The van der Waals surface area contributed by atoms with Gasteiger partial charge in [-0.05, 0) is 7.05 Å². The van der Waals surface area contributed by atoms with Crippen molar-refractivity contribution in [1.82, 2.24) is 19.8 Å². The SMILES string of the molecule is CN1CCN(Cc2ncc(C(=O)O)c(-c3ccccc3)n2)CC1. The molecule has 1 aromatic heterocycles. The lowest BCUT2D eigenvalue weighted by atomic mass is 10.1. The molecule has 2 aromatic rings. The van der Waals surface area contributed by atoms with Crippen LogP contribution in [0.2, 0.25) is 0 Å². The fraction of sp³-hybridized carbons (Fsp3) is 0.353. The van der Waals surface area contributed by atoms with E-state index in [0.29, 0.717) is 18.1 Å². The van der Waals surface area contributed by atoms with Gasteiger partial charge in [-0.3, -0.25) is 4.90 Å².